The predicted molar refractivity (Wildman–Crippen MR) is 71.4 cm³/mol. The number of hydrogen-bond donors (Lipinski definition) is 0. The summed E-state index contributed by atoms with van der Waals surface area (Å²) < 4.78 is 0. The van der Waals surface area contributed by atoms with Crippen molar-refractivity contribution in [3.63, 3.8) is 0 Å². The van der Waals surface area contributed by atoms with Gasteiger partial charge in [0, 0.05) is 0 Å². The van der Waals surface area contributed by atoms with Crippen LogP contribution in [-0.4, -0.2) is 11.8 Å². The number of fused-ring (bicyclic) bond motifs is 5. The summed E-state index contributed by atoms with van der Waals surface area (Å²) in [6.07, 6.45) is 5.23. The van der Waals surface area contributed by atoms with Crippen molar-refractivity contribution in [2.75, 3.05) is 4.90 Å². The van der Waals surface area contributed by atoms with Crippen molar-refractivity contribution in [3.8, 4) is 0 Å². The first kappa shape index (κ1) is 11.0. The third-order valence-electron chi connectivity index (χ3n) is 4.83. The largest absolute Gasteiger partial charge is 0.274 e. The van der Waals surface area contributed by atoms with Crippen LogP contribution >= 0.6 is 0 Å². The zero-order valence-electron chi connectivity index (χ0n) is 10.7. The molecule has 1 aromatic rings. The number of rotatable bonds is 1. The van der Waals surface area contributed by atoms with E-state index in [1.807, 2.05) is 31.2 Å². The number of hydrogen-bond acceptors (Lipinski definition) is 2. The molecule has 0 N–H and O–H groups in total. The normalized spacial score (nSPS) is 35.3. The lowest BCUT2D eigenvalue weighted by atomic mass is 9.85. The van der Waals surface area contributed by atoms with Gasteiger partial charge in [0.25, 0.3) is 0 Å². The first-order chi connectivity index (χ1) is 9.18. The summed E-state index contributed by atoms with van der Waals surface area (Å²) in [5.74, 6) is 0.340. The number of amides is 2. The number of imide groups is 1. The third kappa shape index (κ3) is 1.28. The van der Waals surface area contributed by atoms with Crippen LogP contribution in [0.2, 0.25) is 0 Å². The van der Waals surface area contributed by atoms with Crippen LogP contribution in [0.4, 0.5) is 5.69 Å². The molecular weight excluding hydrogens is 238 g/mol. The number of allylic oxidation sites excluding steroid dienone is 2. The molecule has 1 heterocycles. The fourth-order valence-corrected chi connectivity index (χ4v) is 3.95. The first-order valence-corrected chi connectivity index (χ1v) is 6.80. The molecule has 3 aliphatic rings. The Hall–Kier alpha value is -1.90. The van der Waals surface area contributed by atoms with Gasteiger partial charge in [0.15, 0.2) is 0 Å². The van der Waals surface area contributed by atoms with Gasteiger partial charge in [-0.25, -0.2) is 4.90 Å². The Balaban J connectivity index is 1.79. The molecule has 96 valence electrons. The highest BCUT2D eigenvalue weighted by Crippen LogP contribution is 2.53. The fraction of sp³-hybridized carbons (Fsp3) is 0.375. The van der Waals surface area contributed by atoms with Gasteiger partial charge in [-0.2, -0.15) is 0 Å². The summed E-state index contributed by atoms with van der Waals surface area (Å²) in [7, 11) is 0. The molecule has 0 spiro atoms. The first-order valence-electron chi connectivity index (χ1n) is 6.80. The number of para-hydroxylation sites is 1. The Morgan fingerprint density at radius 1 is 1.00 bits per heavy atom. The minimum atomic E-state index is -0.109. The molecule has 1 saturated carbocycles. The molecule has 0 aromatic heterocycles. The highest BCUT2D eigenvalue weighted by molar-refractivity contribution is 6.23. The van der Waals surface area contributed by atoms with Gasteiger partial charge in [0.05, 0.1) is 17.5 Å². The zero-order valence-corrected chi connectivity index (χ0v) is 10.7. The van der Waals surface area contributed by atoms with Crippen molar-refractivity contribution in [1.82, 2.24) is 0 Å². The molecule has 2 bridgehead atoms. The van der Waals surface area contributed by atoms with Gasteiger partial charge in [-0.1, -0.05) is 30.4 Å². The van der Waals surface area contributed by atoms with Crippen LogP contribution in [0.15, 0.2) is 36.4 Å². The lowest BCUT2D eigenvalue weighted by molar-refractivity contribution is -0.123. The smallest absolute Gasteiger partial charge is 0.238 e. The minimum absolute atomic E-state index is 0.00106. The molecule has 19 heavy (non-hydrogen) atoms. The average molecular weight is 253 g/mol. The average Bonchev–Trinajstić information content (AvgIpc) is 3.06. The van der Waals surface area contributed by atoms with E-state index < -0.39 is 0 Å². The Morgan fingerprint density at radius 3 is 2.16 bits per heavy atom. The lowest BCUT2D eigenvalue weighted by Gasteiger charge is -2.19. The maximum Gasteiger partial charge on any atom is 0.238 e. The van der Waals surface area contributed by atoms with E-state index in [-0.39, 0.29) is 35.5 Å². The van der Waals surface area contributed by atoms with E-state index in [1.54, 1.807) is 0 Å². The monoisotopic (exact) mass is 253 g/mol. The van der Waals surface area contributed by atoms with Gasteiger partial charge in [0.2, 0.25) is 11.8 Å². The number of anilines is 1. The zero-order chi connectivity index (χ0) is 13.1. The van der Waals surface area contributed by atoms with E-state index in [9.17, 15) is 9.59 Å². The second-order valence-electron chi connectivity index (χ2n) is 5.80. The molecule has 2 aliphatic carbocycles. The Bertz CT molecular complexity index is 589. The SMILES string of the molecule is Cc1ccccc1N1C(=O)[C@H]2[C@H](C1=O)[C@H]1C=C[C@H]2C1. The van der Waals surface area contributed by atoms with Gasteiger partial charge in [-0.15, -0.1) is 0 Å². The highest BCUT2D eigenvalue weighted by Gasteiger charge is 2.59. The number of carbonyl (C=O) groups is 2. The minimum Gasteiger partial charge on any atom is -0.274 e. The number of carbonyl (C=O) groups excluding carboxylic acids is 2. The van der Waals surface area contributed by atoms with Crippen molar-refractivity contribution < 1.29 is 9.59 Å². The van der Waals surface area contributed by atoms with Crippen LogP contribution in [0.5, 0.6) is 0 Å². The standard InChI is InChI=1S/C16H15NO2/c1-9-4-2-3-5-12(9)17-15(18)13-10-6-7-11(8-10)14(13)16(17)19/h2-7,10-11,13-14H,8H2,1H3/t10-,11-,13+,14+/m0/s1. The molecule has 1 aliphatic heterocycles. The molecule has 3 heteroatoms. The topological polar surface area (TPSA) is 37.4 Å². The second kappa shape index (κ2) is 3.56. The lowest BCUT2D eigenvalue weighted by Crippen LogP contribution is -2.33. The van der Waals surface area contributed by atoms with Gasteiger partial charge >= 0.3 is 0 Å². The summed E-state index contributed by atoms with van der Waals surface area (Å²) in [5.41, 5.74) is 1.73. The molecule has 2 fully saturated rings. The number of nitrogens with zero attached hydrogens (tertiary/aromatic N) is 1. The fourth-order valence-electron chi connectivity index (χ4n) is 3.95. The highest BCUT2D eigenvalue weighted by atomic mass is 16.2. The van der Waals surface area contributed by atoms with Crippen molar-refractivity contribution in [2.24, 2.45) is 23.7 Å². The van der Waals surface area contributed by atoms with Crippen molar-refractivity contribution >= 4 is 17.5 Å². The van der Waals surface area contributed by atoms with Crippen molar-refractivity contribution in [3.05, 3.63) is 42.0 Å². The molecule has 2 amide bonds. The predicted octanol–water partition coefficient (Wildman–Crippen LogP) is 2.31. The quantitative estimate of drug-likeness (QED) is 0.569. The maximum atomic E-state index is 12.6. The van der Waals surface area contributed by atoms with Crippen LogP contribution in [0.1, 0.15) is 12.0 Å². The van der Waals surface area contributed by atoms with Crippen LogP contribution in [0.3, 0.4) is 0 Å². The molecule has 0 radical (unpaired) electrons. The maximum absolute atomic E-state index is 12.6. The number of benzene rings is 1. The molecule has 4 rings (SSSR count). The Morgan fingerprint density at radius 2 is 1.58 bits per heavy atom. The Labute approximate surface area is 111 Å². The summed E-state index contributed by atoms with van der Waals surface area (Å²) in [6, 6.07) is 7.61. The molecule has 1 saturated heterocycles. The number of aryl methyl sites for hydroxylation is 1. The molecule has 1 aromatic carbocycles. The van der Waals surface area contributed by atoms with E-state index in [4.69, 9.17) is 0 Å². The summed E-state index contributed by atoms with van der Waals surface area (Å²) in [4.78, 5) is 26.6. The molecule has 3 nitrogen and oxygen atoms in total. The Kier molecular flexibility index (Phi) is 2.06. The molecule has 0 unspecified atom stereocenters. The summed E-state index contributed by atoms with van der Waals surface area (Å²) in [6.45, 7) is 1.94. The van der Waals surface area contributed by atoms with E-state index in [0.29, 0.717) is 0 Å². The van der Waals surface area contributed by atoms with Crippen LogP contribution in [0, 0.1) is 30.6 Å². The summed E-state index contributed by atoms with van der Waals surface area (Å²) in [5, 5.41) is 0. The van der Waals surface area contributed by atoms with Crippen molar-refractivity contribution in [1.29, 1.82) is 0 Å². The van der Waals surface area contributed by atoms with Crippen LogP contribution < -0.4 is 4.90 Å². The molecular formula is C16H15NO2. The van der Waals surface area contributed by atoms with E-state index in [2.05, 4.69) is 12.2 Å². The summed E-state index contributed by atoms with van der Waals surface area (Å²) >= 11 is 0. The van der Waals surface area contributed by atoms with Crippen LogP contribution in [0.25, 0.3) is 0 Å². The third-order valence-corrected chi connectivity index (χ3v) is 4.83. The van der Waals surface area contributed by atoms with Gasteiger partial charge in [0.1, 0.15) is 0 Å². The van der Waals surface area contributed by atoms with Crippen molar-refractivity contribution in [2.45, 2.75) is 13.3 Å². The van der Waals surface area contributed by atoms with Gasteiger partial charge in [-0.05, 0) is 36.8 Å². The van der Waals surface area contributed by atoms with E-state index in [1.165, 1.54) is 4.90 Å². The van der Waals surface area contributed by atoms with Gasteiger partial charge in [-0.3, -0.25) is 9.59 Å². The van der Waals surface area contributed by atoms with Crippen LogP contribution in [-0.2, 0) is 9.59 Å². The van der Waals surface area contributed by atoms with E-state index >= 15 is 0 Å². The second-order valence-corrected chi connectivity index (χ2v) is 5.80. The van der Waals surface area contributed by atoms with E-state index in [0.717, 1.165) is 17.7 Å². The molecule has 4 atom stereocenters. The van der Waals surface area contributed by atoms with Gasteiger partial charge < -0.3 is 0 Å².